The summed E-state index contributed by atoms with van der Waals surface area (Å²) in [6, 6.07) is 7.35. The molecule has 0 fully saturated rings. The van der Waals surface area contributed by atoms with Crippen molar-refractivity contribution in [3.05, 3.63) is 51.6 Å². The zero-order chi connectivity index (χ0) is 19.7. The van der Waals surface area contributed by atoms with Gasteiger partial charge in [-0.1, -0.05) is 18.2 Å². The maximum atomic E-state index is 12.8. The lowest BCUT2D eigenvalue weighted by atomic mass is 10.1. The highest BCUT2D eigenvalue weighted by atomic mass is 32.1. The van der Waals surface area contributed by atoms with Gasteiger partial charge in [0.2, 0.25) is 0 Å². The number of para-hydroxylation sites is 1. The zero-order valence-corrected chi connectivity index (χ0v) is 16.3. The Hall–Kier alpha value is -2.93. The average Bonchev–Trinajstić information content (AvgIpc) is 3.13. The second-order valence-corrected chi connectivity index (χ2v) is 7.06. The van der Waals surface area contributed by atoms with E-state index in [1.807, 2.05) is 18.2 Å². The fraction of sp³-hybridized carbons (Fsp3) is 0.250. The van der Waals surface area contributed by atoms with Crippen molar-refractivity contribution in [1.82, 2.24) is 0 Å². The number of Topliss-reactive ketones (excluding diaryl/α,β-unsaturated/α-hetero) is 1. The Labute approximate surface area is 160 Å². The smallest absolute Gasteiger partial charge is 0.341 e. The number of benzene rings is 1. The third-order valence-corrected chi connectivity index (χ3v) is 5.53. The molecule has 0 spiro atoms. The summed E-state index contributed by atoms with van der Waals surface area (Å²) < 4.78 is 10.8. The number of amides is 1. The van der Waals surface area contributed by atoms with E-state index in [-0.39, 0.29) is 28.7 Å². The standard InChI is InChI=1S/C20H19NO5S/c1-5-25-20(24)15-11(3)17(12(4)22)27-19(15)21-18(23)16-10(2)13-8-6-7-9-14(13)26-16/h6-9H,5H2,1-4H3,(H,21,23). The summed E-state index contributed by atoms with van der Waals surface area (Å²) in [7, 11) is 0. The molecule has 0 aliphatic heterocycles. The SMILES string of the molecule is CCOC(=O)c1c(NC(=O)c2oc3ccccc3c2C)sc(C(C)=O)c1C. The van der Waals surface area contributed by atoms with Crippen LogP contribution in [-0.2, 0) is 4.74 Å². The Bertz CT molecular complexity index is 1060. The average molecular weight is 385 g/mol. The second kappa shape index (κ2) is 7.36. The highest BCUT2D eigenvalue weighted by Crippen LogP contribution is 2.35. The molecule has 3 rings (SSSR count). The monoisotopic (exact) mass is 385 g/mol. The number of aryl methyl sites for hydroxylation is 1. The fourth-order valence-electron chi connectivity index (χ4n) is 2.94. The number of esters is 1. The van der Waals surface area contributed by atoms with Gasteiger partial charge in [0.15, 0.2) is 11.5 Å². The lowest BCUT2D eigenvalue weighted by molar-refractivity contribution is 0.0527. The second-order valence-electron chi connectivity index (χ2n) is 6.04. The van der Waals surface area contributed by atoms with Gasteiger partial charge in [0.05, 0.1) is 17.0 Å². The van der Waals surface area contributed by atoms with Crippen molar-refractivity contribution in [1.29, 1.82) is 0 Å². The number of furan rings is 1. The van der Waals surface area contributed by atoms with Crippen molar-refractivity contribution in [3.8, 4) is 0 Å². The molecule has 1 N–H and O–H groups in total. The Morgan fingerprint density at radius 3 is 2.48 bits per heavy atom. The molecule has 2 aromatic heterocycles. The molecular weight excluding hydrogens is 366 g/mol. The number of carbonyl (C=O) groups excluding carboxylic acids is 3. The molecule has 0 aliphatic carbocycles. The number of fused-ring (bicyclic) bond motifs is 1. The molecule has 0 aliphatic rings. The molecular formula is C20H19NO5S. The molecule has 6 nitrogen and oxygen atoms in total. The van der Waals surface area contributed by atoms with E-state index in [0.29, 0.717) is 21.6 Å². The van der Waals surface area contributed by atoms with Crippen LogP contribution in [0.15, 0.2) is 28.7 Å². The first-order valence-corrected chi connectivity index (χ1v) is 9.27. The molecule has 0 saturated heterocycles. The quantitative estimate of drug-likeness (QED) is 0.506. The predicted molar refractivity (Wildman–Crippen MR) is 104 cm³/mol. The highest BCUT2D eigenvalue weighted by molar-refractivity contribution is 7.18. The molecule has 7 heteroatoms. The van der Waals surface area contributed by atoms with Crippen molar-refractivity contribution in [2.24, 2.45) is 0 Å². The predicted octanol–water partition coefficient (Wildman–Crippen LogP) is 4.74. The van der Waals surface area contributed by atoms with E-state index >= 15 is 0 Å². The lowest BCUT2D eigenvalue weighted by Crippen LogP contribution is -2.15. The number of hydrogen-bond donors (Lipinski definition) is 1. The Balaban J connectivity index is 2.02. The maximum absolute atomic E-state index is 12.8. The Morgan fingerprint density at radius 2 is 1.85 bits per heavy atom. The van der Waals surface area contributed by atoms with Gasteiger partial charge < -0.3 is 14.5 Å². The minimum absolute atomic E-state index is 0.168. The van der Waals surface area contributed by atoms with Crippen molar-refractivity contribution in [2.45, 2.75) is 27.7 Å². The van der Waals surface area contributed by atoms with Crippen LogP contribution >= 0.6 is 11.3 Å². The van der Waals surface area contributed by atoms with Crippen molar-refractivity contribution in [2.75, 3.05) is 11.9 Å². The number of anilines is 1. The number of ketones is 1. The van der Waals surface area contributed by atoms with Crippen LogP contribution in [0.25, 0.3) is 11.0 Å². The summed E-state index contributed by atoms with van der Waals surface area (Å²) in [6.45, 7) is 6.78. The summed E-state index contributed by atoms with van der Waals surface area (Å²) in [5.41, 5.74) is 2.02. The maximum Gasteiger partial charge on any atom is 0.341 e. The first-order chi connectivity index (χ1) is 12.8. The van der Waals surface area contributed by atoms with Crippen LogP contribution < -0.4 is 5.32 Å². The summed E-state index contributed by atoms with van der Waals surface area (Å²) in [6.07, 6.45) is 0. The van der Waals surface area contributed by atoms with Crippen molar-refractivity contribution < 1.29 is 23.5 Å². The van der Waals surface area contributed by atoms with Gasteiger partial charge >= 0.3 is 5.97 Å². The van der Waals surface area contributed by atoms with Gasteiger partial charge in [-0.05, 0) is 39.3 Å². The van der Waals surface area contributed by atoms with Crippen LogP contribution in [-0.4, -0.2) is 24.3 Å². The van der Waals surface area contributed by atoms with Crippen LogP contribution in [0.4, 0.5) is 5.00 Å². The fourth-order valence-corrected chi connectivity index (χ4v) is 4.02. The van der Waals surface area contributed by atoms with E-state index in [0.717, 1.165) is 16.7 Å². The van der Waals surface area contributed by atoms with Crippen LogP contribution in [0.5, 0.6) is 0 Å². The van der Waals surface area contributed by atoms with Gasteiger partial charge in [0.25, 0.3) is 5.91 Å². The molecule has 0 atom stereocenters. The summed E-state index contributed by atoms with van der Waals surface area (Å²) >= 11 is 1.06. The number of ether oxygens (including phenoxy) is 1. The minimum atomic E-state index is -0.574. The van der Waals surface area contributed by atoms with E-state index in [1.54, 1.807) is 26.8 Å². The molecule has 140 valence electrons. The molecule has 2 heterocycles. The van der Waals surface area contributed by atoms with Gasteiger partial charge in [0.1, 0.15) is 10.6 Å². The number of rotatable bonds is 5. The van der Waals surface area contributed by atoms with Crippen LogP contribution in [0.2, 0.25) is 0 Å². The highest BCUT2D eigenvalue weighted by Gasteiger charge is 2.27. The summed E-state index contributed by atoms with van der Waals surface area (Å²) in [4.78, 5) is 37.4. The van der Waals surface area contributed by atoms with E-state index in [9.17, 15) is 14.4 Å². The molecule has 27 heavy (non-hydrogen) atoms. The number of nitrogens with one attached hydrogen (secondary N) is 1. The molecule has 0 unspecified atom stereocenters. The first kappa shape index (κ1) is 18.8. The number of hydrogen-bond acceptors (Lipinski definition) is 6. The minimum Gasteiger partial charge on any atom is -0.462 e. The first-order valence-electron chi connectivity index (χ1n) is 8.46. The molecule has 0 radical (unpaired) electrons. The third kappa shape index (κ3) is 3.38. The van der Waals surface area contributed by atoms with Gasteiger partial charge in [-0.2, -0.15) is 0 Å². The Morgan fingerprint density at radius 1 is 1.15 bits per heavy atom. The van der Waals surface area contributed by atoms with Crippen LogP contribution in [0.1, 0.15) is 55.6 Å². The van der Waals surface area contributed by atoms with Crippen LogP contribution in [0.3, 0.4) is 0 Å². The van der Waals surface area contributed by atoms with Gasteiger partial charge in [0, 0.05) is 10.9 Å². The summed E-state index contributed by atoms with van der Waals surface area (Å²) in [5.74, 6) is -1.06. The van der Waals surface area contributed by atoms with E-state index in [1.165, 1.54) is 6.92 Å². The topological polar surface area (TPSA) is 85.6 Å². The van der Waals surface area contributed by atoms with Crippen molar-refractivity contribution >= 4 is 45.0 Å². The molecule has 3 aromatic rings. The van der Waals surface area contributed by atoms with E-state index in [2.05, 4.69) is 5.32 Å². The van der Waals surface area contributed by atoms with Crippen molar-refractivity contribution in [3.63, 3.8) is 0 Å². The van der Waals surface area contributed by atoms with Gasteiger partial charge in [-0.25, -0.2) is 4.79 Å². The number of carbonyl (C=O) groups is 3. The van der Waals surface area contributed by atoms with Crippen LogP contribution in [0, 0.1) is 13.8 Å². The lowest BCUT2D eigenvalue weighted by Gasteiger charge is -2.06. The zero-order valence-electron chi connectivity index (χ0n) is 15.5. The summed E-state index contributed by atoms with van der Waals surface area (Å²) in [5, 5.41) is 3.84. The third-order valence-electron chi connectivity index (χ3n) is 4.22. The Kier molecular flexibility index (Phi) is 5.14. The molecule has 1 aromatic carbocycles. The normalized spacial score (nSPS) is 10.8. The van der Waals surface area contributed by atoms with E-state index in [4.69, 9.17) is 9.15 Å². The van der Waals surface area contributed by atoms with E-state index < -0.39 is 11.9 Å². The van der Waals surface area contributed by atoms with Gasteiger partial charge in [-0.3, -0.25) is 9.59 Å². The molecule has 0 bridgehead atoms. The molecule has 1 amide bonds. The van der Waals surface area contributed by atoms with Gasteiger partial charge in [-0.15, -0.1) is 11.3 Å². The largest absolute Gasteiger partial charge is 0.462 e. The molecule has 0 saturated carbocycles. The number of thiophene rings is 1.